The predicted octanol–water partition coefficient (Wildman–Crippen LogP) is 3.01. The molecule has 0 saturated carbocycles. The average molecular weight is 518 g/mol. The standard InChI is InChI=1S/C19H18F4N6O5S/c1-33-16-8-14(25-19(26-16)34-2)28-35(31,32)11-5-3-10(4-6-11)24-15(30)9-29-13(18(22)23)7-12(27-29)17(20)21/h3-8,17-18H,9H2,1-2H3,(H,24,30)(H,25,26,28). The van der Waals surface area contributed by atoms with Gasteiger partial charge in [-0.3, -0.25) is 14.2 Å². The summed E-state index contributed by atoms with van der Waals surface area (Å²) in [6.07, 6.45) is -6.20. The van der Waals surface area contributed by atoms with Crippen molar-refractivity contribution in [3.63, 3.8) is 0 Å². The fourth-order valence-corrected chi connectivity index (χ4v) is 3.76. The molecule has 0 saturated heterocycles. The van der Waals surface area contributed by atoms with E-state index in [1.165, 1.54) is 44.6 Å². The van der Waals surface area contributed by atoms with Crippen LogP contribution in [0.25, 0.3) is 0 Å². The first kappa shape index (κ1) is 25.7. The molecule has 2 heterocycles. The average Bonchev–Trinajstić information content (AvgIpc) is 3.23. The van der Waals surface area contributed by atoms with Gasteiger partial charge in [-0.1, -0.05) is 0 Å². The van der Waals surface area contributed by atoms with Crippen LogP contribution >= 0.6 is 0 Å². The first-order chi connectivity index (χ1) is 16.5. The third-order valence-corrected chi connectivity index (χ3v) is 5.70. The van der Waals surface area contributed by atoms with Gasteiger partial charge in [-0.05, 0) is 30.3 Å². The Morgan fingerprint density at radius 1 is 1.03 bits per heavy atom. The monoisotopic (exact) mass is 518 g/mol. The Balaban J connectivity index is 1.71. The molecule has 0 radical (unpaired) electrons. The van der Waals surface area contributed by atoms with Gasteiger partial charge in [0.25, 0.3) is 22.9 Å². The van der Waals surface area contributed by atoms with Crippen molar-refractivity contribution in [2.45, 2.75) is 24.3 Å². The Hall–Kier alpha value is -3.95. The van der Waals surface area contributed by atoms with Crippen molar-refractivity contribution in [1.82, 2.24) is 19.7 Å². The lowest BCUT2D eigenvalue weighted by Gasteiger charge is -2.11. The summed E-state index contributed by atoms with van der Waals surface area (Å²) in [7, 11) is -1.50. The van der Waals surface area contributed by atoms with Gasteiger partial charge in [0.2, 0.25) is 11.8 Å². The van der Waals surface area contributed by atoms with E-state index >= 15 is 0 Å². The van der Waals surface area contributed by atoms with Crippen LogP contribution in [-0.4, -0.2) is 48.3 Å². The van der Waals surface area contributed by atoms with Crippen molar-refractivity contribution < 1.29 is 40.2 Å². The zero-order valence-electron chi connectivity index (χ0n) is 18.1. The molecule has 0 bridgehead atoms. The molecule has 1 amide bonds. The number of nitrogens with zero attached hydrogens (tertiary/aromatic N) is 4. The van der Waals surface area contributed by atoms with Gasteiger partial charge in [0.15, 0.2) is 5.82 Å². The highest BCUT2D eigenvalue weighted by molar-refractivity contribution is 7.92. The largest absolute Gasteiger partial charge is 0.481 e. The third-order valence-electron chi connectivity index (χ3n) is 4.33. The van der Waals surface area contributed by atoms with Crippen LogP contribution in [0.3, 0.4) is 0 Å². The van der Waals surface area contributed by atoms with Crippen molar-refractivity contribution in [3.8, 4) is 11.9 Å². The molecular formula is C19H18F4N6O5S. The van der Waals surface area contributed by atoms with Crippen molar-refractivity contribution in [2.75, 3.05) is 24.3 Å². The van der Waals surface area contributed by atoms with Crippen LogP contribution in [0.1, 0.15) is 24.2 Å². The summed E-state index contributed by atoms with van der Waals surface area (Å²) in [6, 6.07) is 6.45. The number of methoxy groups -OCH3 is 2. The van der Waals surface area contributed by atoms with E-state index in [0.717, 1.165) is 0 Å². The molecule has 2 N–H and O–H groups in total. The molecule has 0 spiro atoms. The lowest BCUT2D eigenvalue weighted by molar-refractivity contribution is -0.117. The van der Waals surface area contributed by atoms with Crippen LogP contribution in [0.4, 0.5) is 29.1 Å². The number of carbonyl (C=O) groups is 1. The zero-order valence-corrected chi connectivity index (χ0v) is 18.9. The molecule has 16 heteroatoms. The highest BCUT2D eigenvalue weighted by Crippen LogP contribution is 2.25. The van der Waals surface area contributed by atoms with Crippen LogP contribution in [-0.2, 0) is 21.4 Å². The minimum absolute atomic E-state index is 0.0560. The SMILES string of the molecule is COc1cc(NS(=O)(=O)c2ccc(NC(=O)Cn3nc(C(F)F)cc3C(F)F)cc2)nc(OC)n1. The number of halogens is 4. The summed E-state index contributed by atoms with van der Waals surface area (Å²) in [5.74, 6) is -0.909. The molecule has 0 aliphatic carbocycles. The molecule has 1 aromatic carbocycles. The van der Waals surface area contributed by atoms with E-state index in [9.17, 15) is 30.8 Å². The normalized spacial score (nSPS) is 11.5. The first-order valence-corrected chi connectivity index (χ1v) is 11.0. The number of benzene rings is 1. The van der Waals surface area contributed by atoms with Crippen molar-refractivity contribution in [2.24, 2.45) is 0 Å². The number of anilines is 2. The molecule has 188 valence electrons. The number of sulfonamides is 1. The van der Waals surface area contributed by atoms with Crippen molar-refractivity contribution >= 4 is 27.4 Å². The van der Waals surface area contributed by atoms with Gasteiger partial charge in [-0.2, -0.15) is 15.1 Å². The van der Waals surface area contributed by atoms with E-state index in [1.807, 2.05) is 0 Å². The fourth-order valence-electron chi connectivity index (χ4n) is 2.76. The van der Waals surface area contributed by atoms with Gasteiger partial charge in [0.05, 0.1) is 19.1 Å². The topological polar surface area (TPSA) is 137 Å². The predicted molar refractivity (Wildman–Crippen MR) is 113 cm³/mol. The van der Waals surface area contributed by atoms with Crippen LogP contribution in [0, 0.1) is 0 Å². The van der Waals surface area contributed by atoms with Crippen LogP contribution < -0.4 is 19.5 Å². The number of alkyl halides is 4. The van der Waals surface area contributed by atoms with Gasteiger partial charge < -0.3 is 14.8 Å². The molecule has 0 fully saturated rings. The lowest BCUT2D eigenvalue weighted by Crippen LogP contribution is -2.21. The Morgan fingerprint density at radius 3 is 2.29 bits per heavy atom. The van der Waals surface area contributed by atoms with E-state index in [0.29, 0.717) is 10.7 Å². The maximum absolute atomic E-state index is 13.1. The Bertz CT molecular complexity index is 1280. The number of hydrogen-bond acceptors (Lipinski definition) is 8. The Morgan fingerprint density at radius 2 is 1.71 bits per heavy atom. The second-order valence-electron chi connectivity index (χ2n) is 6.71. The lowest BCUT2D eigenvalue weighted by atomic mass is 10.3. The van der Waals surface area contributed by atoms with Gasteiger partial charge in [-0.25, -0.2) is 26.0 Å². The maximum atomic E-state index is 13.1. The minimum atomic E-state index is -4.11. The molecule has 0 unspecified atom stereocenters. The molecule has 0 aliphatic heterocycles. The number of nitrogens with one attached hydrogen (secondary N) is 2. The van der Waals surface area contributed by atoms with Crippen LogP contribution in [0.15, 0.2) is 41.3 Å². The van der Waals surface area contributed by atoms with Gasteiger partial charge in [0.1, 0.15) is 17.9 Å². The van der Waals surface area contributed by atoms with Gasteiger partial charge >= 0.3 is 6.01 Å². The minimum Gasteiger partial charge on any atom is -0.481 e. The summed E-state index contributed by atoms with van der Waals surface area (Å²) in [5.41, 5.74) is -1.59. The molecule has 3 aromatic rings. The van der Waals surface area contributed by atoms with E-state index in [2.05, 4.69) is 25.1 Å². The molecule has 11 nitrogen and oxygen atoms in total. The summed E-state index contributed by atoms with van der Waals surface area (Å²) in [5, 5.41) is 5.69. The molecule has 0 atom stereocenters. The third kappa shape index (κ3) is 6.34. The number of carbonyl (C=O) groups excluding carboxylic acids is 1. The molecular weight excluding hydrogens is 500 g/mol. The number of ether oxygens (including phenoxy) is 2. The van der Waals surface area contributed by atoms with Crippen molar-refractivity contribution in [3.05, 3.63) is 47.8 Å². The molecule has 2 aromatic heterocycles. The molecule has 35 heavy (non-hydrogen) atoms. The first-order valence-electron chi connectivity index (χ1n) is 9.56. The quantitative estimate of drug-likeness (QED) is 0.391. The summed E-state index contributed by atoms with van der Waals surface area (Å²) >= 11 is 0. The number of amides is 1. The van der Waals surface area contributed by atoms with Crippen LogP contribution in [0.5, 0.6) is 11.9 Å². The summed E-state index contributed by atoms with van der Waals surface area (Å²) in [6.45, 7) is -0.759. The van der Waals surface area contributed by atoms with Gasteiger partial charge in [0, 0.05) is 11.8 Å². The number of aromatic nitrogens is 4. The van der Waals surface area contributed by atoms with E-state index in [1.54, 1.807) is 0 Å². The number of hydrogen-bond donors (Lipinski definition) is 2. The van der Waals surface area contributed by atoms with Crippen LogP contribution in [0.2, 0.25) is 0 Å². The summed E-state index contributed by atoms with van der Waals surface area (Å²) < 4.78 is 89.5. The van der Waals surface area contributed by atoms with E-state index < -0.39 is 46.7 Å². The Kier molecular flexibility index (Phi) is 7.73. The number of rotatable bonds is 10. The maximum Gasteiger partial charge on any atom is 0.321 e. The molecule has 3 rings (SSSR count). The fraction of sp³-hybridized carbons (Fsp3) is 0.263. The Labute approximate surface area is 196 Å². The van der Waals surface area contributed by atoms with Gasteiger partial charge in [-0.15, -0.1) is 0 Å². The summed E-state index contributed by atoms with van der Waals surface area (Å²) in [4.78, 5) is 19.7. The highest BCUT2D eigenvalue weighted by atomic mass is 32.2. The molecule has 0 aliphatic rings. The van der Waals surface area contributed by atoms with E-state index in [4.69, 9.17) is 9.47 Å². The second-order valence-corrected chi connectivity index (χ2v) is 8.40. The second kappa shape index (κ2) is 10.5. The van der Waals surface area contributed by atoms with E-state index in [-0.39, 0.29) is 28.3 Å². The highest BCUT2D eigenvalue weighted by Gasteiger charge is 2.22. The van der Waals surface area contributed by atoms with Crippen molar-refractivity contribution in [1.29, 1.82) is 0 Å². The zero-order chi connectivity index (χ0) is 25.8. The smallest absolute Gasteiger partial charge is 0.321 e.